The van der Waals surface area contributed by atoms with E-state index in [0.29, 0.717) is 17.0 Å². The number of hydrazone groups is 1. The van der Waals surface area contributed by atoms with E-state index in [-0.39, 0.29) is 12.2 Å². The highest BCUT2D eigenvalue weighted by molar-refractivity contribution is 6.03. The second-order valence-electron chi connectivity index (χ2n) is 4.84. The molecule has 0 aromatic heterocycles. The van der Waals surface area contributed by atoms with Crippen LogP contribution in [-0.4, -0.2) is 30.2 Å². The summed E-state index contributed by atoms with van der Waals surface area (Å²) in [6.07, 6.45) is 1.02. The Labute approximate surface area is 139 Å². The number of hydrogen-bond acceptors (Lipinski definition) is 5. The molecule has 0 fully saturated rings. The Hall–Kier alpha value is -3.35. The summed E-state index contributed by atoms with van der Waals surface area (Å²) in [6, 6.07) is 13.1. The van der Waals surface area contributed by atoms with Gasteiger partial charge in [-0.15, -0.1) is 0 Å². The van der Waals surface area contributed by atoms with E-state index >= 15 is 0 Å². The number of nitrogens with one attached hydrogen (secondary N) is 2. The van der Waals surface area contributed by atoms with Gasteiger partial charge in [0.2, 0.25) is 11.8 Å². The Morgan fingerprint density at radius 3 is 2.58 bits per heavy atom. The minimum absolute atomic E-state index is 0.101. The Balaban J connectivity index is 1.79. The fraction of sp³-hybridized carbons (Fsp3) is 0.118. The number of phenols is 1. The van der Waals surface area contributed by atoms with Crippen molar-refractivity contribution in [1.82, 2.24) is 5.43 Å². The van der Waals surface area contributed by atoms with E-state index in [0.717, 1.165) is 0 Å². The molecule has 0 aliphatic carbocycles. The molecule has 0 radical (unpaired) electrons. The highest BCUT2D eigenvalue weighted by Crippen LogP contribution is 2.15. The molecule has 0 heterocycles. The van der Waals surface area contributed by atoms with Crippen LogP contribution in [0.25, 0.3) is 0 Å². The van der Waals surface area contributed by atoms with Crippen molar-refractivity contribution in [1.29, 1.82) is 0 Å². The second-order valence-corrected chi connectivity index (χ2v) is 4.84. The number of nitrogens with zero attached hydrogens (tertiary/aromatic N) is 1. The van der Waals surface area contributed by atoms with Crippen molar-refractivity contribution in [2.75, 3.05) is 12.4 Å². The van der Waals surface area contributed by atoms with Gasteiger partial charge in [-0.1, -0.05) is 12.1 Å². The number of hydrogen-bond donors (Lipinski definition) is 3. The van der Waals surface area contributed by atoms with E-state index in [2.05, 4.69) is 15.8 Å². The van der Waals surface area contributed by atoms with Gasteiger partial charge >= 0.3 is 0 Å². The molecule has 2 aromatic carbocycles. The van der Waals surface area contributed by atoms with Gasteiger partial charge in [0, 0.05) is 5.69 Å². The van der Waals surface area contributed by atoms with Gasteiger partial charge in [-0.05, 0) is 42.0 Å². The van der Waals surface area contributed by atoms with Crippen LogP contribution in [0.15, 0.2) is 53.6 Å². The lowest BCUT2D eigenvalue weighted by Gasteiger charge is -2.05. The topological polar surface area (TPSA) is 100 Å². The highest BCUT2D eigenvalue weighted by Gasteiger charge is 2.09. The molecule has 0 atom stereocenters. The standard InChI is InChI=1S/C17H17N3O4/c1-24-15-7-5-13(6-8-15)19-16(22)10-17(23)20-18-11-12-3-2-4-14(21)9-12/h2-9,11,21H,10H2,1H3,(H,19,22)(H,20,23). The molecule has 24 heavy (non-hydrogen) atoms. The van der Waals surface area contributed by atoms with Gasteiger partial charge in [-0.3, -0.25) is 9.59 Å². The van der Waals surface area contributed by atoms with Crippen molar-refractivity contribution < 1.29 is 19.4 Å². The number of carbonyl (C=O) groups excluding carboxylic acids is 2. The average Bonchev–Trinajstić information content (AvgIpc) is 2.55. The zero-order valence-corrected chi connectivity index (χ0v) is 13.0. The monoisotopic (exact) mass is 327 g/mol. The highest BCUT2D eigenvalue weighted by atomic mass is 16.5. The summed E-state index contributed by atoms with van der Waals surface area (Å²) in [5, 5.41) is 15.6. The fourth-order valence-electron chi connectivity index (χ4n) is 1.85. The molecule has 0 aliphatic heterocycles. The minimum atomic E-state index is -0.544. The van der Waals surface area contributed by atoms with Gasteiger partial charge in [-0.25, -0.2) is 5.43 Å². The van der Waals surface area contributed by atoms with Gasteiger partial charge in [-0.2, -0.15) is 5.10 Å². The van der Waals surface area contributed by atoms with Gasteiger partial charge in [0.1, 0.15) is 17.9 Å². The predicted molar refractivity (Wildman–Crippen MR) is 90.1 cm³/mol. The normalized spacial score (nSPS) is 10.4. The molecule has 2 amide bonds. The van der Waals surface area contributed by atoms with Crippen molar-refractivity contribution >= 4 is 23.7 Å². The Morgan fingerprint density at radius 1 is 1.17 bits per heavy atom. The number of benzene rings is 2. The van der Waals surface area contributed by atoms with E-state index < -0.39 is 11.8 Å². The van der Waals surface area contributed by atoms with E-state index in [1.54, 1.807) is 43.5 Å². The summed E-state index contributed by atoms with van der Waals surface area (Å²) < 4.78 is 5.02. The first-order valence-electron chi connectivity index (χ1n) is 7.11. The number of aromatic hydroxyl groups is 1. The molecule has 3 N–H and O–H groups in total. The van der Waals surface area contributed by atoms with Crippen LogP contribution in [0.2, 0.25) is 0 Å². The molecule has 0 unspecified atom stereocenters. The Morgan fingerprint density at radius 2 is 1.92 bits per heavy atom. The molecule has 0 aliphatic rings. The van der Waals surface area contributed by atoms with Gasteiger partial charge in [0.25, 0.3) is 0 Å². The third-order valence-electron chi connectivity index (χ3n) is 2.97. The molecule has 0 spiro atoms. The van der Waals surface area contributed by atoms with E-state index in [4.69, 9.17) is 4.74 Å². The SMILES string of the molecule is COc1ccc(NC(=O)CC(=O)NN=Cc2cccc(O)c2)cc1. The smallest absolute Gasteiger partial charge is 0.249 e. The van der Waals surface area contributed by atoms with Gasteiger partial charge in [0.05, 0.1) is 13.3 Å². The minimum Gasteiger partial charge on any atom is -0.508 e. The molecule has 2 aromatic rings. The average molecular weight is 327 g/mol. The molecule has 0 bridgehead atoms. The first-order valence-corrected chi connectivity index (χ1v) is 7.11. The van der Waals surface area contributed by atoms with Crippen molar-refractivity contribution in [2.45, 2.75) is 6.42 Å². The van der Waals surface area contributed by atoms with E-state index in [9.17, 15) is 14.7 Å². The van der Waals surface area contributed by atoms with E-state index in [1.807, 2.05) is 0 Å². The molecular formula is C17H17N3O4. The predicted octanol–water partition coefficient (Wildman–Crippen LogP) is 1.88. The van der Waals surface area contributed by atoms with Gasteiger partial charge < -0.3 is 15.2 Å². The van der Waals surface area contributed by atoms with Crippen molar-refractivity contribution in [3.63, 3.8) is 0 Å². The molecule has 0 saturated carbocycles. The molecule has 7 heteroatoms. The van der Waals surface area contributed by atoms with Crippen LogP contribution in [0.1, 0.15) is 12.0 Å². The molecule has 0 saturated heterocycles. The quantitative estimate of drug-likeness (QED) is 0.428. The summed E-state index contributed by atoms with van der Waals surface area (Å²) in [4.78, 5) is 23.4. The number of ether oxygens (including phenoxy) is 1. The van der Waals surface area contributed by atoms with Crippen LogP contribution < -0.4 is 15.5 Å². The lowest BCUT2D eigenvalue weighted by Crippen LogP contribution is -2.24. The summed E-state index contributed by atoms with van der Waals surface area (Å²) in [6.45, 7) is 0. The summed E-state index contributed by atoms with van der Waals surface area (Å²) in [5.41, 5.74) is 3.44. The number of phenolic OH excluding ortho intramolecular Hbond substituents is 1. The maximum Gasteiger partial charge on any atom is 0.249 e. The lowest BCUT2D eigenvalue weighted by atomic mass is 10.2. The number of carbonyl (C=O) groups is 2. The molecule has 124 valence electrons. The number of rotatable bonds is 6. The van der Waals surface area contributed by atoms with Gasteiger partial charge in [0.15, 0.2) is 0 Å². The Kier molecular flexibility index (Phi) is 5.90. The first-order chi connectivity index (χ1) is 11.6. The van der Waals surface area contributed by atoms with Crippen LogP contribution in [0.4, 0.5) is 5.69 Å². The first kappa shape index (κ1) is 17.0. The summed E-state index contributed by atoms with van der Waals surface area (Å²) >= 11 is 0. The number of amides is 2. The van der Waals surface area contributed by atoms with Crippen molar-refractivity contribution in [2.24, 2.45) is 5.10 Å². The Bertz CT molecular complexity index is 742. The fourth-order valence-corrected chi connectivity index (χ4v) is 1.85. The van der Waals surface area contributed by atoms with Crippen molar-refractivity contribution in [3.05, 3.63) is 54.1 Å². The maximum absolute atomic E-state index is 11.8. The van der Waals surface area contributed by atoms with E-state index in [1.165, 1.54) is 18.3 Å². The third-order valence-corrected chi connectivity index (χ3v) is 2.97. The van der Waals surface area contributed by atoms with Crippen LogP contribution in [-0.2, 0) is 9.59 Å². The van der Waals surface area contributed by atoms with Crippen LogP contribution in [0.3, 0.4) is 0 Å². The van der Waals surface area contributed by atoms with Crippen LogP contribution >= 0.6 is 0 Å². The maximum atomic E-state index is 11.8. The zero-order chi connectivity index (χ0) is 17.4. The molecule has 2 rings (SSSR count). The summed E-state index contributed by atoms with van der Waals surface area (Å²) in [5.74, 6) is -0.223. The summed E-state index contributed by atoms with van der Waals surface area (Å²) in [7, 11) is 1.55. The number of anilines is 1. The largest absolute Gasteiger partial charge is 0.508 e. The molecular weight excluding hydrogens is 310 g/mol. The second kappa shape index (κ2) is 8.33. The third kappa shape index (κ3) is 5.45. The van der Waals surface area contributed by atoms with Crippen LogP contribution in [0.5, 0.6) is 11.5 Å². The molecule has 7 nitrogen and oxygen atoms in total. The lowest BCUT2D eigenvalue weighted by molar-refractivity contribution is -0.126. The van der Waals surface area contributed by atoms with Crippen molar-refractivity contribution in [3.8, 4) is 11.5 Å². The zero-order valence-electron chi connectivity index (χ0n) is 13.0. The number of methoxy groups -OCH3 is 1. The van der Waals surface area contributed by atoms with Crippen LogP contribution in [0, 0.1) is 0 Å².